The van der Waals surface area contributed by atoms with Gasteiger partial charge in [-0.05, 0) is 0 Å². The second-order valence-corrected chi connectivity index (χ2v) is 3.27. The van der Waals surface area contributed by atoms with Crippen LogP contribution < -0.4 is 11.0 Å². The molecule has 2 aromatic rings. The van der Waals surface area contributed by atoms with Crippen LogP contribution in [0.25, 0.3) is 11.3 Å². The third kappa shape index (κ3) is 1.38. The first-order chi connectivity index (χ1) is 7.83. The smallest absolute Gasteiger partial charge is 0.244 e. The summed E-state index contributed by atoms with van der Waals surface area (Å²) in [6, 6.07) is 9.05. The second-order valence-electron chi connectivity index (χ2n) is 3.27. The first-order valence-corrected chi connectivity index (χ1v) is 4.73. The number of rotatable bonds is 1. The Morgan fingerprint density at radius 1 is 0.938 bits per heavy atom. The molecule has 1 aliphatic rings. The number of urea groups is 1. The summed E-state index contributed by atoms with van der Waals surface area (Å²) in [4.78, 5) is 26.5. The summed E-state index contributed by atoms with van der Waals surface area (Å²) in [5.41, 5.74) is 2.22. The lowest BCUT2D eigenvalue weighted by atomic mass is 10.2. The number of carbonyl (C=O) groups excluding carboxylic acids is 1. The third-order valence-electron chi connectivity index (χ3n) is 2.21. The molecule has 0 saturated carbocycles. The van der Waals surface area contributed by atoms with Gasteiger partial charge in [0.05, 0.1) is 11.9 Å². The molecule has 0 radical (unpaired) electrons. The van der Waals surface area contributed by atoms with E-state index in [9.17, 15) is 4.79 Å². The Hall–Kier alpha value is -2.43. The Kier molecular flexibility index (Phi) is 1.83. The van der Waals surface area contributed by atoms with Gasteiger partial charge in [-0.15, -0.1) is 0 Å². The van der Waals surface area contributed by atoms with Gasteiger partial charge in [-0.2, -0.15) is 9.98 Å². The molecule has 3 rings (SSSR count). The molecule has 0 N–H and O–H groups in total. The first kappa shape index (κ1) is 8.84. The van der Waals surface area contributed by atoms with Crippen molar-refractivity contribution >= 4 is 6.03 Å². The molecule has 1 aliphatic heterocycles. The SMILES string of the molecule is O=C1N=c2ncc(-c3ccccc3)nc2=N1. The number of aromatic nitrogens is 2. The summed E-state index contributed by atoms with van der Waals surface area (Å²) in [5, 5.41) is 0. The molecular weight excluding hydrogens is 204 g/mol. The van der Waals surface area contributed by atoms with E-state index in [1.165, 1.54) is 0 Å². The Morgan fingerprint density at radius 2 is 1.69 bits per heavy atom. The van der Waals surface area contributed by atoms with Crippen LogP contribution in [0.2, 0.25) is 0 Å². The fourth-order valence-electron chi connectivity index (χ4n) is 1.48. The zero-order chi connectivity index (χ0) is 11.0. The molecule has 0 spiro atoms. The maximum atomic E-state index is 10.9. The standard InChI is InChI=1S/C11H6N4O/c16-11-14-9-10(15-11)13-8(6-12-9)7-4-2-1-3-5-7/h1-6H. The van der Waals surface area contributed by atoms with Crippen molar-refractivity contribution in [3.63, 3.8) is 0 Å². The highest BCUT2D eigenvalue weighted by Gasteiger charge is 2.08. The molecule has 1 aromatic carbocycles. The Morgan fingerprint density at radius 3 is 2.50 bits per heavy atom. The summed E-state index contributed by atoms with van der Waals surface area (Å²) < 4.78 is 0. The van der Waals surface area contributed by atoms with E-state index in [4.69, 9.17) is 0 Å². The Bertz CT molecular complexity index is 679. The van der Waals surface area contributed by atoms with Gasteiger partial charge >= 0.3 is 6.03 Å². The lowest BCUT2D eigenvalue weighted by molar-refractivity contribution is 0.256. The normalized spacial score (nSPS) is 12.9. The van der Waals surface area contributed by atoms with Crippen LogP contribution >= 0.6 is 0 Å². The molecular formula is C11H6N4O. The van der Waals surface area contributed by atoms with Crippen LogP contribution in [-0.2, 0) is 0 Å². The summed E-state index contributed by atoms with van der Waals surface area (Å²) in [6.07, 6.45) is 1.59. The molecule has 2 amide bonds. The van der Waals surface area contributed by atoms with Gasteiger partial charge < -0.3 is 0 Å². The fraction of sp³-hybridized carbons (Fsp3) is 0. The van der Waals surface area contributed by atoms with Crippen LogP contribution in [0.5, 0.6) is 0 Å². The van der Waals surface area contributed by atoms with E-state index in [1.807, 2.05) is 30.3 Å². The van der Waals surface area contributed by atoms with Crippen molar-refractivity contribution < 1.29 is 4.79 Å². The number of fused-ring (bicyclic) bond motifs is 1. The van der Waals surface area contributed by atoms with Crippen molar-refractivity contribution in [3.05, 3.63) is 47.5 Å². The van der Waals surface area contributed by atoms with Gasteiger partial charge in [0.15, 0.2) is 0 Å². The first-order valence-electron chi connectivity index (χ1n) is 4.73. The highest BCUT2D eigenvalue weighted by atomic mass is 16.2. The minimum atomic E-state index is -0.541. The number of carbonyl (C=O) groups is 1. The average Bonchev–Trinajstić information content (AvgIpc) is 2.69. The van der Waals surface area contributed by atoms with Gasteiger partial charge in [0.2, 0.25) is 11.0 Å². The van der Waals surface area contributed by atoms with Crippen molar-refractivity contribution in [2.24, 2.45) is 9.98 Å². The molecule has 76 valence electrons. The summed E-state index contributed by atoms with van der Waals surface area (Å²) >= 11 is 0. The fourth-order valence-corrected chi connectivity index (χ4v) is 1.48. The molecule has 0 aliphatic carbocycles. The van der Waals surface area contributed by atoms with Crippen LogP contribution in [0, 0.1) is 0 Å². The zero-order valence-electron chi connectivity index (χ0n) is 8.16. The maximum Gasteiger partial charge on any atom is 0.371 e. The molecule has 0 saturated heterocycles. The largest absolute Gasteiger partial charge is 0.371 e. The van der Waals surface area contributed by atoms with Crippen molar-refractivity contribution in [3.8, 4) is 11.3 Å². The predicted molar refractivity (Wildman–Crippen MR) is 55.2 cm³/mol. The van der Waals surface area contributed by atoms with E-state index >= 15 is 0 Å². The predicted octanol–water partition coefficient (Wildman–Crippen LogP) is 0.516. The van der Waals surface area contributed by atoms with E-state index in [0.717, 1.165) is 5.56 Å². The Balaban J connectivity index is 2.21. The monoisotopic (exact) mass is 210 g/mol. The number of hydrogen-bond donors (Lipinski definition) is 0. The highest BCUT2D eigenvalue weighted by molar-refractivity contribution is 5.77. The van der Waals surface area contributed by atoms with E-state index in [2.05, 4.69) is 20.0 Å². The van der Waals surface area contributed by atoms with Crippen LogP contribution in [-0.4, -0.2) is 16.0 Å². The minimum absolute atomic E-state index is 0.296. The van der Waals surface area contributed by atoms with Gasteiger partial charge in [0.25, 0.3) is 0 Å². The summed E-state index contributed by atoms with van der Waals surface area (Å²) in [7, 11) is 0. The van der Waals surface area contributed by atoms with Gasteiger partial charge in [-0.3, -0.25) is 0 Å². The van der Waals surface area contributed by atoms with Crippen LogP contribution in [0.3, 0.4) is 0 Å². The van der Waals surface area contributed by atoms with Crippen LogP contribution in [0.1, 0.15) is 0 Å². The molecule has 16 heavy (non-hydrogen) atoms. The number of hydrogen-bond acceptors (Lipinski definition) is 3. The van der Waals surface area contributed by atoms with E-state index in [1.54, 1.807) is 6.20 Å². The number of nitrogens with zero attached hydrogens (tertiary/aromatic N) is 4. The lowest BCUT2D eigenvalue weighted by Crippen LogP contribution is -2.28. The molecule has 0 atom stereocenters. The van der Waals surface area contributed by atoms with Crippen molar-refractivity contribution in [1.29, 1.82) is 0 Å². The number of amides is 2. The summed E-state index contributed by atoms with van der Waals surface area (Å²) in [5.74, 6) is 0. The molecule has 5 nitrogen and oxygen atoms in total. The summed E-state index contributed by atoms with van der Waals surface area (Å²) in [6.45, 7) is 0. The minimum Gasteiger partial charge on any atom is -0.244 e. The zero-order valence-corrected chi connectivity index (χ0v) is 8.16. The molecule has 5 heteroatoms. The maximum absolute atomic E-state index is 10.9. The van der Waals surface area contributed by atoms with Gasteiger partial charge in [0, 0.05) is 5.56 Å². The van der Waals surface area contributed by atoms with Gasteiger partial charge in [-0.1, -0.05) is 30.3 Å². The number of benzene rings is 1. The molecule has 0 fully saturated rings. The van der Waals surface area contributed by atoms with Crippen molar-refractivity contribution in [2.75, 3.05) is 0 Å². The van der Waals surface area contributed by atoms with Crippen molar-refractivity contribution in [2.45, 2.75) is 0 Å². The molecule has 1 aromatic heterocycles. The molecule has 0 unspecified atom stereocenters. The van der Waals surface area contributed by atoms with Gasteiger partial charge in [0.1, 0.15) is 0 Å². The second kappa shape index (κ2) is 3.30. The van der Waals surface area contributed by atoms with Crippen LogP contribution in [0.15, 0.2) is 46.5 Å². The van der Waals surface area contributed by atoms with E-state index in [0.29, 0.717) is 16.7 Å². The van der Waals surface area contributed by atoms with Crippen molar-refractivity contribution in [1.82, 2.24) is 9.97 Å². The molecule has 0 bridgehead atoms. The van der Waals surface area contributed by atoms with Gasteiger partial charge in [-0.25, -0.2) is 14.8 Å². The quantitative estimate of drug-likeness (QED) is 0.688. The van der Waals surface area contributed by atoms with E-state index < -0.39 is 6.03 Å². The van der Waals surface area contributed by atoms with E-state index in [-0.39, 0.29) is 0 Å². The Labute approximate surface area is 90.2 Å². The average molecular weight is 210 g/mol. The lowest BCUT2D eigenvalue weighted by Gasteiger charge is -1.97. The van der Waals surface area contributed by atoms with Crippen LogP contribution in [0.4, 0.5) is 4.79 Å². The highest BCUT2D eigenvalue weighted by Crippen LogP contribution is 2.12. The topological polar surface area (TPSA) is 67.6 Å². The third-order valence-corrected chi connectivity index (χ3v) is 2.21. The molecule has 2 heterocycles.